The maximum Gasteiger partial charge on any atom is 0.140 e. The van der Waals surface area contributed by atoms with Crippen LogP contribution in [0.3, 0.4) is 0 Å². The summed E-state index contributed by atoms with van der Waals surface area (Å²) >= 11 is 0. The zero-order chi connectivity index (χ0) is 9.19. The molecule has 1 heteroatoms. The van der Waals surface area contributed by atoms with Crippen LogP contribution in [0.4, 0.5) is 0 Å². The van der Waals surface area contributed by atoms with Crippen molar-refractivity contribution >= 4 is 0 Å². The fraction of sp³-hybridized carbons (Fsp3) is 0.818. The van der Waals surface area contributed by atoms with Crippen molar-refractivity contribution in [2.45, 2.75) is 45.2 Å². The van der Waals surface area contributed by atoms with Crippen LogP contribution in [0.2, 0.25) is 0 Å². The third-order valence-corrected chi connectivity index (χ3v) is 3.69. The van der Waals surface area contributed by atoms with Crippen LogP contribution in [0, 0.1) is 12.3 Å². The molecule has 1 unspecified atom stereocenters. The minimum Gasteiger partial charge on any atom is -0.312 e. The highest BCUT2D eigenvalue weighted by Crippen LogP contribution is 2.28. The fourth-order valence-electron chi connectivity index (χ4n) is 2.24. The van der Waals surface area contributed by atoms with Gasteiger partial charge in [-0.15, -0.1) is 6.42 Å². The van der Waals surface area contributed by atoms with E-state index in [1.54, 1.807) is 0 Å². The molecule has 0 aromatic rings. The normalized spacial score (nSPS) is 42.2. The number of piperidine rings is 1. The van der Waals surface area contributed by atoms with Gasteiger partial charge in [0.1, 0.15) is 6.54 Å². The van der Waals surface area contributed by atoms with E-state index < -0.39 is 0 Å². The van der Waals surface area contributed by atoms with Crippen molar-refractivity contribution in [3.05, 3.63) is 0 Å². The second-order valence-corrected chi connectivity index (χ2v) is 4.34. The number of rotatable bonds is 1. The molecule has 0 N–H and O–H groups in total. The van der Waals surface area contributed by atoms with Crippen molar-refractivity contribution in [1.29, 1.82) is 0 Å². The van der Waals surface area contributed by atoms with Gasteiger partial charge in [0.25, 0.3) is 0 Å². The second-order valence-electron chi connectivity index (χ2n) is 4.34. The molecule has 1 aliphatic heterocycles. The van der Waals surface area contributed by atoms with Gasteiger partial charge >= 0.3 is 0 Å². The van der Waals surface area contributed by atoms with E-state index in [2.05, 4.69) is 26.8 Å². The lowest BCUT2D eigenvalue weighted by Gasteiger charge is -2.47. The molecule has 0 aromatic carbocycles. The van der Waals surface area contributed by atoms with E-state index in [1.807, 2.05) is 0 Å². The molecule has 1 heterocycles. The summed E-state index contributed by atoms with van der Waals surface area (Å²) in [5.74, 6) is 2.81. The monoisotopic (exact) mass is 166 g/mol. The molecule has 1 nitrogen and oxygen atoms in total. The van der Waals surface area contributed by atoms with Crippen LogP contribution < -0.4 is 0 Å². The lowest BCUT2D eigenvalue weighted by atomic mass is 9.94. The third-order valence-electron chi connectivity index (χ3n) is 3.69. The molecular weight excluding hydrogens is 146 g/mol. The first kappa shape index (κ1) is 9.61. The molecular formula is C11H20N+. The van der Waals surface area contributed by atoms with Crippen molar-refractivity contribution < 1.29 is 4.48 Å². The fourth-order valence-corrected chi connectivity index (χ4v) is 2.24. The molecule has 1 saturated heterocycles. The Hall–Kier alpha value is -0.480. The molecule has 0 spiro atoms. The Kier molecular flexibility index (Phi) is 2.80. The lowest BCUT2D eigenvalue weighted by molar-refractivity contribution is -0.951. The van der Waals surface area contributed by atoms with Crippen molar-refractivity contribution in [2.24, 2.45) is 0 Å². The standard InChI is InChI=1S/C11H20N/c1-5-9-12(4)10(2)7-6-8-11(12)3/h1,10-11H,6-9H2,2-4H3/q+1/t10-,11+,12?. The van der Waals surface area contributed by atoms with Crippen LogP contribution in [0.1, 0.15) is 33.1 Å². The molecule has 0 aliphatic carbocycles. The molecule has 0 aromatic heterocycles. The van der Waals surface area contributed by atoms with Gasteiger partial charge < -0.3 is 4.48 Å². The summed E-state index contributed by atoms with van der Waals surface area (Å²) in [5, 5.41) is 0. The topological polar surface area (TPSA) is 0 Å². The highest BCUT2D eigenvalue weighted by molar-refractivity contribution is 4.85. The quantitative estimate of drug-likeness (QED) is 0.413. The zero-order valence-corrected chi connectivity index (χ0v) is 8.51. The highest BCUT2D eigenvalue weighted by Gasteiger charge is 2.37. The van der Waals surface area contributed by atoms with Crippen molar-refractivity contribution in [1.82, 2.24) is 0 Å². The molecule has 0 radical (unpaired) electrons. The number of quaternary nitrogens is 1. The minimum absolute atomic E-state index is 0.741. The highest BCUT2D eigenvalue weighted by atomic mass is 15.4. The Morgan fingerprint density at radius 2 is 1.83 bits per heavy atom. The van der Waals surface area contributed by atoms with E-state index in [1.165, 1.54) is 19.3 Å². The smallest absolute Gasteiger partial charge is 0.140 e. The van der Waals surface area contributed by atoms with Crippen LogP contribution in [0.5, 0.6) is 0 Å². The summed E-state index contributed by atoms with van der Waals surface area (Å²) < 4.78 is 1.08. The first-order chi connectivity index (χ1) is 5.61. The SMILES string of the molecule is C#CC[N+]1(C)[C@H](C)CCC[C@@H]1C. The van der Waals surface area contributed by atoms with Crippen LogP contribution >= 0.6 is 0 Å². The van der Waals surface area contributed by atoms with E-state index >= 15 is 0 Å². The number of likely N-dealkylation sites (tertiary alicyclic amines) is 1. The van der Waals surface area contributed by atoms with Crippen LogP contribution in [0.15, 0.2) is 0 Å². The average Bonchev–Trinajstić information content (AvgIpc) is 2.02. The Morgan fingerprint density at radius 3 is 2.25 bits per heavy atom. The molecule has 68 valence electrons. The molecule has 1 aliphatic rings. The van der Waals surface area contributed by atoms with Crippen LogP contribution in [-0.2, 0) is 0 Å². The van der Waals surface area contributed by atoms with E-state index in [9.17, 15) is 0 Å². The van der Waals surface area contributed by atoms with Crippen molar-refractivity contribution in [3.8, 4) is 12.3 Å². The number of nitrogens with zero attached hydrogens (tertiary/aromatic N) is 1. The summed E-state index contributed by atoms with van der Waals surface area (Å²) in [5.41, 5.74) is 0. The van der Waals surface area contributed by atoms with Crippen LogP contribution in [-0.4, -0.2) is 30.2 Å². The molecule has 0 saturated carbocycles. The van der Waals surface area contributed by atoms with Gasteiger partial charge in [0.2, 0.25) is 0 Å². The van der Waals surface area contributed by atoms with Gasteiger partial charge in [0, 0.05) is 0 Å². The van der Waals surface area contributed by atoms with Gasteiger partial charge in [-0.1, -0.05) is 0 Å². The second kappa shape index (κ2) is 3.49. The van der Waals surface area contributed by atoms with Gasteiger partial charge in [-0.2, -0.15) is 0 Å². The van der Waals surface area contributed by atoms with Gasteiger partial charge in [0.15, 0.2) is 0 Å². The van der Waals surface area contributed by atoms with Gasteiger partial charge in [-0.05, 0) is 39.0 Å². The Balaban J connectivity index is 2.74. The first-order valence-electron chi connectivity index (χ1n) is 4.89. The number of terminal acetylenes is 1. The predicted molar refractivity (Wildman–Crippen MR) is 52.7 cm³/mol. The Morgan fingerprint density at radius 1 is 1.33 bits per heavy atom. The molecule has 1 fully saturated rings. The van der Waals surface area contributed by atoms with Crippen LogP contribution in [0.25, 0.3) is 0 Å². The summed E-state index contributed by atoms with van der Waals surface area (Å²) in [7, 11) is 2.30. The van der Waals surface area contributed by atoms with Gasteiger partial charge in [0.05, 0.1) is 19.1 Å². The molecule has 1 rings (SSSR count). The summed E-state index contributed by atoms with van der Waals surface area (Å²) in [6.07, 6.45) is 9.45. The Bertz CT molecular complexity index is 180. The third kappa shape index (κ3) is 1.49. The predicted octanol–water partition coefficient (Wildman–Crippen LogP) is 2.03. The zero-order valence-electron chi connectivity index (χ0n) is 8.51. The summed E-state index contributed by atoms with van der Waals surface area (Å²) in [4.78, 5) is 0. The molecule has 3 atom stereocenters. The summed E-state index contributed by atoms with van der Waals surface area (Å²) in [6.45, 7) is 5.54. The van der Waals surface area contributed by atoms with E-state index in [0.717, 1.165) is 23.1 Å². The lowest BCUT2D eigenvalue weighted by Crippen LogP contribution is -2.58. The average molecular weight is 166 g/mol. The van der Waals surface area contributed by atoms with Gasteiger partial charge in [-0.25, -0.2) is 0 Å². The van der Waals surface area contributed by atoms with E-state index in [0.29, 0.717) is 0 Å². The van der Waals surface area contributed by atoms with Crippen molar-refractivity contribution in [3.63, 3.8) is 0 Å². The number of hydrogen-bond donors (Lipinski definition) is 0. The first-order valence-corrected chi connectivity index (χ1v) is 4.89. The van der Waals surface area contributed by atoms with Crippen molar-refractivity contribution in [2.75, 3.05) is 13.6 Å². The summed E-state index contributed by atoms with van der Waals surface area (Å²) in [6, 6.07) is 1.48. The van der Waals surface area contributed by atoms with E-state index in [4.69, 9.17) is 6.42 Å². The maximum absolute atomic E-state index is 5.40. The maximum atomic E-state index is 5.40. The minimum atomic E-state index is 0.741. The molecule has 12 heavy (non-hydrogen) atoms. The molecule has 0 bridgehead atoms. The number of hydrogen-bond acceptors (Lipinski definition) is 0. The molecule has 0 amide bonds. The van der Waals surface area contributed by atoms with E-state index in [-0.39, 0.29) is 0 Å². The Labute approximate surface area is 76.4 Å². The largest absolute Gasteiger partial charge is 0.312 e. The van der Waals surface area contributed by atoms with Gasteiger partial charge in [-0.3, -0.25) is 0 Å².